The molecule has 0 saturated heterocycles. The molecule has 4 heteroatoms. The van der Waals surface area contributed by atoms with E-state index in [1.54, 1.807) is 6.07 Å². The van der Waals surface area contributed by atoms with Gasteiger partial charge >= 0.3 is 0 Å². The van der Waals surface area contributed by atoms with Crippen LogP contribution in [0.1, 0.15) is 16.8 Å². The van der Waals surface area contributed by atoms with Crippen molar-refractivity contribution in [3.8, 4) is 0 Å². The molecule has 0 N–H and O–H groups in total. The SMILES string of the molecule is O=C(CCBr)c1cc(F)cc(S)c1. The van der Waals surface area contributed by atoms with Gasteiger partial charge in [0, 0.05) is 22.2 Å². The second kappa shape index (κ2) is 4.77. The molecular weight excluding hydrogens is 255 g/mol. The van der Waals surface area contributed by atoms with Crippen LogP contribution in [0.5, 0.6) is 0 Å². The Morgan fingerprint density at radius 2 is 2.15 bits per heavy atom. The van der Waals surface area contributed by atoms with Gasteiger partial charge in [0.25, 0.3) is 0 Å². The number of Topliss-reactive ketones (excluding diaryl/α,β-unsaturated/α-hetero) is 1. The maximum atomic E-state index is 12.8. The number of ketones is 1. The molecule has 1 nitrogen and oxygen atoms in total. The van der Waals surface area contributed by atoms with Crippen molar-refractivity contribution in [3.05, 3.63) is 29.6 Å². The zero-order valence-electron chi connectivity index (χ0n) is 6.76. The third-order valence-electron chi connectivity index (χ3n) is 1.53. The van der Waals surface area contributed by atoms with E-state index in [0.29, 0.717) is 22.2 Å². The van der Waals surface area contributed by atoms with Crippen molar-refractivity contribution in [1.29, 1.82) is 0 Å². The molecule has 0 atom stereocenters. The van der Waals surface area contributed by atoms with Crippen LogP contribution in [-0.4, -0.2) is 11.1 Å². The van der Waals surface area contributed by atoms with E-state index in [1.165, 1.54) is 12.1 Å². The van der Waals surface area contributed by atoms with E-state index in [1.807, 2.05) is 0 Å². The maximum Gasteiger partial charge on any atom is 0.163 e. The normalized spacial score (nSPS) is 10.1. The Bertz CT molecular complexity index is 307. The highest BCUT2D eigenvalue weighted by Crippen LogP contribution is 2.14. The lowest BCUT2D eigenvalue weighted by Crippen LogP contribution is -2.00. The van der Waals surface area contributed by atoms with E-state index in [9.17, 15) is 9.18 Å². The number of hydrogen-bond donors (Lipinski definition) is 1. The summed E-state index contributed by atoms with van der Waals surface area (Å²) in [6, 6.07) is 4.07. The quantitative estimate of drug-likeness (QED) is 0.504. The van der Waals surface area contributed by atoms with E-state index < -0.39 is 5.82 Å². The molecule has 0 radical (unpaired) electrons. The van der Waals surface area contributed by atoms with Gasteiger partial charge in [0.1, 0.15) is 5.82 Å². The van der Waals surface area contributed by atoms with Crippen molar-refractivity contribution in [2.75, 3.05) is 5.33 Å². The van der Waals surface area contributed by atoms with Gasteiger partial charge in [0.2, 0.25) is 0 Å². The number of thiol groups is 1. The predicted molar refractivity (Wildman–Crippen MR) is 56.4 cm³/mol. The summed E-state index contributed by atoms with van der Waals surface area (Å²) in [6.07, 6.45) is 0.372. The summed E-state index contributed by atoms with van der Waals surface area (Å²) >= 11 is 7.13. The standard InChI is InChI=1S/C9H8BrFOS/c10-2-1-9(12)6-3-7(11)5-8(13)4-6/h3-5,13H,1-2H2. The lowest BCUT2D eigenvalue weighted by molar-refractivity contribution is 0.0989. The van der Waals surface area contributed by atoms with Crippen LogP contribution in [0.2, 0.25) is 0 Å². The van der Waals surface area contributed by atoms with Gasteiger partial charge in [0.15, 0.2) is 5.78 Å². The fourth-order valence-corrected chi connectivity index (χ4v) is 1.59. The number of carbonyl (C=O) groups excluding carboxylic acids is 1. The third kappa shape index (κ3) is 3.12. The lowest BCUT2D eigenvalue weighted by Gasteiger charge is -2.00. The Labute approximate surface area is 89.9 Å². The van der Waals surface area contributed by atoms with Crippen LogP contribution in [0.15, 0.2) is 23.1 Å². The molecule has 70 valence electrons. The van der Waals surface area contributed by atoms with Crippen molar-refractivity contribution in [3.63, 3.8) is 0 Å². The van der Waals surface area contributed by atoms with Crippen LogP contribution >= 0.6 is 28.6 Å². The van der Waals surface area contributed by atoms with Crippen LogP contribution in [0.3, 0.4) is 0 Å². The van der Waals surface area contributed by atoms with E-state index in [0.717, 1.165) is 0 Å². The van der Waals surface area contributed by atoms with Crippen LogP contribution in [0.25, 0.3) is 0 Å². The molecule has 0 amide bonds. The van der Waals surface area contributed by atoms with Crippen LogP contribution in [0.4, 0.5) is 4.39 Å². The minimum absolute atomic E-state index is 0.0772. The first-order chi connectivity index (χ1) is 6.13. The second-order valence-corrected chi connectivity index (χ2v) is 3.87. The van der Waals surface area contributed by atoms with Crippen LogP contribution in [-0.2, 0) is 0 Å². The summed E-state index contributed by atoms with van der Waals surface area (Å²) in [5.74, 6) is -0.503. The predicted octanol–water partition coefficient (Wildman–Crippen LogP) is 3.08. The molecule has 0 aliphatic heterocycles. The summed E-state index contributed by atoms with van der Waals surface area (Å²) in [5, 5.41) is 0.588. The van der Waals surface area contributed by atoms with Crippen molar-refractivity contribution in [2.24, 2.45) is 0 Å². The number of benzene rings is 1. The van der Waals surface area contributed by atoms with Crippen molar-refractivity contribution in [2.45, 2.75) is 11.3 Å². The average Bonchev–Trinajstić information content (AvgIpc) is 2.03. The first kappa shape index (κ1) is 10.7. The molecular formula is C9H8BrFOS. The zero-order valence-corrected chi connectivity index (χ0v) is 9.24. The van der Waals surface area contributed by atoms with Crippen LogP contribution in [0, 0.1) is 5.82 Å². The molecule has 0 aliphatic rings. The Morgan fingerprint density at radius 1 is 1.46 bits per heavy atom. The molecule has 0 fully saturated rings. The summed E-state index contributed by atoms with van der Waals surface area (Å²) in [4.78, 5) is 11.8. The Morgan fingerprint density at radius 3 is 2.69 bits per heavy atom. The van der Waals surface area contributed by atoms with Crippen molar-refractivity contribution < 1.29 is 9.18 Å². The summed E-state index contributed by atoms with van der Waals surface area (Å²) in [5.41, 5.74) is 0.379. The fourth-order valence-electron chi connectivity index (χ4n) is 0.965. The molecule has 13 heavy (non-hydrogen) atoms. The van der Waals surface area contributed by atoms with Gasteiger partial charge in [0.05, 0.1) is 0 Å². The summed E-state index contributed by atoms with van der Waals surface area (Å²) in [6.45, 7) is 0. The first-order valence-corrected chi connectivity index (χ1v) is 5.29. The van der Waals surface area contributed by atoms with E-state index in [4.69, 9.17) is 0 Å². The van der Waals surface area contributed by atoms with Gasteiger partial charge in [-0.05, 0) is 18.2 Å². The molecule has 0 aliphatic carbocycles. The molecule has 0 bridgehead atoms. The molecule has 0 heterocycles. The third-order valence-corrected chi connectivity index (χ3v) is 2.18. The highest BCUT2D eigenvalue weighted by molar-refractivity contribution is 9.09. The highest BCUT2D eigenvalue weighted by atomic mass is 79.9. The van der Waals surface area contributed by atoms with Gasteiger partial charge in [-0.25, -0.2) is 4.39 Å². The number of alkyl halides is 1. The maximum absolute atomic E-state index is 12.8. The van der Waals surface area contributed by atoms with Crippen molar-refractivity contribution in [1.82, 2.24) is 0 Å². The fraction of sp³-hybridized carbons (Fsp3) is 0.222. The minimum atomic E-state index is -0.426. The number of hydrogen-bond acceptors (Lipinski definition) is 2. The molecule has 0 aromatic heterocycles. The topological polar surface area (TPSA) is 17.1 Å². The van der Waals surface area contributed by atoms with Gasteiger partial charge < -0.3 is 0 Å². The monoisotopic (exact) mass is 262 g/mol. The van der Waals surface area contributed by atoms with E-state index >= 15 is 0 Å². The molecule has 0 unspecified atom stereocenters. The number of rotatable bonds is 3. The van der Waals surface area contributed by atoms with Gasteiger partial charge in [-0.2, -0.15) is 0 Å². The molecule has 1 aromatic rings. The zero-order chi connectivity index (χ0) is 9.84. The smallest absolute Gasteiger partial charge is 0.163 e. The van der Waals surface area contributed by atoms with E-state index in [2.05, 4.69) is 28.6 Å². The average molecular weight is 263 g/mol. The first-order valence-electron chi connectivity index (χ1n) is 3.72. The highest BCUT2D eigenvalue weighted by Gasteiger charge is 2.06. The molecule has 0 spiro atoms. The minimum Gasteiger partial charge on any atom is -0.294 e. The Hall–Kier alpha value is -0.350. The van der Waals surface area contributed by atoms with Gasteiger partial charge in [-0.3, -0.25) is 4.79 Å². The van der Waals surface area contributed by atoms with Gasteiger partial charge in [-0.15, -0.1) is 12.6 Å². The lowest BCUT2D eigenvalue weighted by atomic mass is 10.1. The van der Waals surface area contributed by atoms with Gasteiger partial charge in [-0.1, -0.05) is 15.9 Å². The number of halogens is 2. The second-order valence-electron chi connectivity index (χ2n) is 2.56. The van der Waals surface area contributed by atoms with Crippen LogP contribution < -0.4 is 0 Å². The van der Waals surface area contributed by atoms with Crippen molar-refractivity contribution >= 4 is 34.3 Å². The number of carbonyl (C=O) groups is 1. The largest absolute Gasteiger partial charge is 0.294 e. The Kier molecular flexibility index (Phi) is 3.93. The summed E-state index contributed by atoms with van der Waals surface area (Å²) in [7, 11) is 0. The molecule has 0 saturated carbocycles. The Balaban J connectivity index is 2.94. The summed E-state index contributed by atoms with van der Waals surface area (Å²) < 4.78 is 12.8. The molecule has 1 aromatic carbocycles. The van der Waals surface area contributed by atoms with E-state index in [-0.39, 0.29) is 5.78 Å². The molecule has 1 rings (SSSR count).